The average Bonchev–Trinajstić information content (AvgIpc) is 3.10. The van der Waals surface area contributed by atoms with Crippen LogP contribution in [0.15, 0.2) is 22.7 Å². The van der Waals surface area contributed by atoms with Crippen molar-refractivity contribution >= 4 is 33.5 Å². The normalized spacial score (nSPS) is 15.9. The molecule has 0 saturated heterocycles. The third-order valence-corrected chi connectivity index (χ3v) is 3.62. The number of nitrogens with one attached hydrogen (secondary N) is 1. The Morgan fingerprint density at radius 1 is 1.44 bits per heavy atom. The van der Waals surface area contributed by atoms with Gasteiger partial charge in [0.05, 0.1) is 11.6 Å². The number of aliphatic carboxylic acids is 1. The van der Waals surface area contributed by atoms with E-state index >= 15 is 0 Å². The lowest BCUT2D eigenvalue weighted by Gasteiger charge is -2.12. The number of methoxy groups -OCH3 is 1. The molecule has 18 heavy (non-hydrogen) atoms. The molecule has 2 N–H and O–H groups in total. The Balaban J connectivity index is 2.13. The number of carboxylic acids is 1. The van der Waals surface area contributed by atoms with Crippen LogP contribution < -0.4 is 10.1 Å². The lowest BCUT2D eigenvalue weighted by Crippen LogP contribution is -2.31. The molecule has 2 rings (SSSR count). The first-order chi connectivity index (χ1) is 8.49. The summed E-state index contributed by atoms with van der Waals surface area (Å²) in [5, 5.41) is 11.6. The van der Waals surface area contributed by atoms with Crippen LogP contribution in [-0.2, 0) is 9.59 Å². The van der Waals surface area contributed by atoms with Crippen molar-refractivity contribution in [1.29, 1.82) is 0 Å². The lowest BCUT2D eigenvalue weighted by atomic mass is 10.1. The van der Waals surface area contributed by atoms with Crippen molar-refractivity contribution in [2.45, 2.75) is 12.8 Å². The molecule has 0 bridgehead atoms. The molecule has 0 aromatic heterocycles. The van der Waals surface area contributed by atoms with Crippen molar-refractivity contribution in [3.63, 3.8) is 0 Å². The Hall–Kier alpha value is -1.56. The van der Waals surface area contributed by atoms with Crippen LogP contribution in [0.3, 0.4) is 0 Å². The second-order valence-corrected chi connectivity index (χ2v) is 5.05. The van der Waals surface area contributed by atoms with Gasteiger partial charge in [-0.25, -0.2) is 0 Å². The van der Waals surface area contributed by atoms with Crippen LogP contribution in [0.5, 0.6) is 5.75 Å². The molecule has 0 radical (unpaired) electrons. The maximum atomic E-state index is 11.9. The van der Waals surface area contributed by atoms with E-state index < -0.39 is 17.3 Å². The van der Waals surface area contributed by atoms with Crippen LogP contribution in [0.2, 0.25) is 0 Å². The number of halogens is 1. The zero-order valence-electron chi connectivity index (χ0n) is 9.70. The van der Waals surface area contributed by atoms with Crippen LogP contribution in [0.1, 0.15) is 12.8 Å². The molecule has 0 aliphatic heterocycles. The highest BCUT2D eigenvalue weighted by molar-refractivity contribution is 9.10. The third-order valence-electron chi connectivity index (χ3n) is 3.00. The van der Waals surface area contributed by atoms with Gasteiger partial charge < -0.3 is 15.2 Å². The second-order valence-electron chi connectivity index (χ2n) is 4.19. The Bertz CT molecular complexity index is 511. The quantitative estimate of drug-likeness (QED) is 0.836. The van der Waals surface area contributed by atoms with Gasteiger partial charge >= 0.3 is 5.97 Å². The number of anilines is 1. The monoisotopic (exact) mass is 313 g/mol. The number of benzene rings is 1. The number of rotatable bonds is 4. The number of amides is 1. The molecular formula is C12H12BrNO4. The van der Waals surface area contributed by atoms with Gasteiger partial charge in [-0.1, -0.05) is 0 Å². The molecule has 0 atom stereocenters. The van der Waals surface area contributed by atoms with E-state index in [1.165, 1.54) is 0 Å². The van der Waals surface area contributed by atoms with E-state index in [1.807, 2.05) is 0 Å². The Kier molecular flexibility index (Phi) is 3.30. The summed E-state index contributed by atoms with van der Waals surface area (Å²) in [4.78, 5) is 22.9. The van der Waals surface area contributed by atoms with Crippen molar-refractivity contribution < 1.29 is 19.4 Å². The molecule has 1 aliphatic rings. The van der Waals surface area contributed by atoms with E-state index in [0.29, 0.717) is 28.8 Å². The molecular weight excluding hydrogens is 302 g/mol. The van der Waals surface area contributed by atoms with Crippen molar-refractivity contribution in [1.82, 2.24) is 0 Å². The number of hydrogen-bond acceptors (Lipinski definition) is 3. The van der Waals surface area contributed by atoms with E-state index in [2.05, 4.69) is 21.2 Å². The van der Waals surface area contributed by atoms with Gasteiger partial charge in [0.1, 0.15) is 11.2 Å². The highest BCUT2D eigenvalue weighted by Gasteiger charge is 2.57. The number of ether oxygens (including phenoxy) is 1. The molecule has 5 nitrogen and oxygen atoms in total. The Morgan fingerprint density at radius 3 is 2.56 bits per heavy atom. The van der Waals surface area contributed by atoms with Crippen LogP contribution in [-0.4, -0.2) is 24.1 Å². The smallest absolute Gasteiger partial charge is 0.319 e. The molecule has 1 saturated carbocycles. The van der Waals surface area contributed by atoms with Crippen molar-refractivity contribution in [2.24, 2.45) is 5.41 Å². The molecule has 1 amide bonds. The summed E-state index contributed by atoms with van der Waals surface area (Å²) in [6.45, 7) is 0. The molecule has 0 unspecified atom stereocenters. The fourth-order valence-corrected chi connectivity index (χ4v) is 2.20. The zero-order chi connectivity index (χ0) is 13.3. The molecule has 96 valence electrons. The van der Waals surface area contributed by atoms with Crippen LogP contribution >= 0.6 is 15.9 Å². The molecule has 1 fully saturated rings. The van der Waals surface area contributed by atoms with Gasteiger partial charge in [-0.3, -0.25) is 9.59 Å². The maximum Gasteiger partial charge on any atom is 0.319 e. The standard InChI is InChI=1S/C12H12BrNO4/c1-18-9-3-2-7(6-8(9)13)14-10(15)12(4-5-12)11(16)17/h2-3,6H,4-5H2,1H3,(H,14,15)(H,16,17). The third kappa shape index (κ3) is 2.20. The van der Waals surface area contributed by atoms with Crippen molar-refractivity contribution in [3.05, 3.63) is 22.7 Å². The number of hydrogen-bond donors (Lipinski definition) is 2. The average molecular weight is 314 g/mol. The van der Waals surface area contributed by atoms with E-state index in [0.717, 1.165) is 0 Å². The van der Waals surface area contributed by atoms with Crippen LogP contribution in [0.4, 0.5) is 5.69 Å². The zero-order valence-corrected chi connectivity index (χ0v) is 11.3. The first-order valence-corrected chi connectivity index (χ1v) is 6.17. The van der Waals surface area contributed by atoms with E-state index in [4.69, 9.17) is 9.84 Å². The number of carbonyl (C=O) groups is 2. The van der Waals surface area contributed by atoms with Crippen molar-refractivity contribution in [2.75, 3.05) is 12.4 Å². The van der Waals surface area contributed by atoms with E-state index in [-0.39, 0.29) is 0 Å². The SMILES string of the molecule is COc1ccc(NC(=O)C2(C(=O)O)CC2)cc1Br. The molecule has 1 aromatic rings. The van der Waals surface area contributed by atoms with Crippen LogP contribution in [0, 0.1) is 5.41 Å². The van der Waals surface area contributed by atoms with Crippen LogP contribution in [0.25, 0.3) is 0 Å². The summed E-state index contributed by atoms with van der Waals surface area (Å²) >= 11 is 3.30. The minimum absolute atomic E-state index is 0.394. The summed E-state index contributed by atoms with van der Waals surface area (Å²) in [5.41, 5.74) is -0.688. The van der Waals surface area contributed by atoms with Gasteiger partial charge in [0.25, 0.3) is 0 Å². The van der Waals surface area contributed by atoms with Gasteiger partial charge in [-0.15, -0.1) is 0 Å². The predicted molar refractivity (Wildman–Crippen MR) is 68.6 cm³/mol. The lowest BCUT2D eigenvalue weighted by molar-refractivity contribution is -0.147. The highest BCUT2D eigenvalue weighted by Crippen LogP contribution is 2.46. The predicted octanol–water partition coefficient (Wildman–Crippen LogP) is 2.26. The van der Waals surface area contributed by atoms with Gasteiger partial charge in [0.15, 0.2) is 0 Å². The van der Waals surface area contributed by atoms with E-state index in [9.17, 15) is 9.59 Å². The highest BCUT2D eigenvalue weighted by atomic mass is 79.9. The maximum absolute atomic E-state index is 11.9. The molecule has 0 spiro atoms. The molecule has 1 aromatic carbocycles. The first kappa shape index (κ1) is 12.9. The molecule has 6 heteroatoms. The second kappa shape index (κ2) is 4.61. The Morgan fingerprint density at radius 2 is 2.11 bits per heavy atom. The minimum Gasteiger partial charge on any atom is -0.496 e. The summed E-state index contributed by atoms with van der Waals surface area (Å²) < 4.78 is 5.77. The summed E-state index contributed by atoms with van der Waals surface area (Å²) in [5.74, 6) is -0.882. The fourth-order valence-electron chi connectivity index (χ4n) is 1.66. The minimum atomic E-state index is -1.23. The van der Waals surface area contributed by atoms with Gasteiger partial charge in [-0.05, 0) is 47.0 Å². The largest absolute Gasteiger partial charge is 0.496 e. The summed E-state index contributed by atoms with van der Waals surface area (Å²) in [6.07, 6.45) is 0.789. The first-order valence-electron chi connectivity index (χ1n) is 5.38. The topological polar surface area (TPSA) is 75.6 Å². The number of carbonyl (C=O) groups excluding carboxylic acids is 1. The van der Waals surface area contributed by atoms with Gasteiger partial charge in [-0.2, -0.15) is 0 Å². The summed E-state index contributed by atoms with van der Waals surface area (Å²) in [7, 11) is 1.54. The van der Waals surface area contributed by atoms with Crippen molar-refractivity contribution in [3.8, 4) is 5.75 Å². The summed E-state index contributed by atoms with van der Waals surface area (Å²) in [6, 6.07) is 5.04. The fraction of sp³-hybridized carbons (Fsp3) is 0.333. The molecule has 1 aliphatic carbocycles. The van der Waals surface area contributed by atoms with Gasteiger partial charge in [0.2, 0.25) is 5.91 Å². The van der Waals surface area contributed by atoms with Gasteiger partial charge in [0, 0.05) is 5.69 Å². The molecule has 0 heterocycles. The Labute approximate surface area is 112 Å². The van der Waals surface area contributed by atoms with E-state index in [1.54, 1.807) is 25.3 Å². The number of carboxylic acid groups (broad SMARTS) is 1.